The Labute approximate surface area is 90.4 Å². The van der Waals surface area contributed by atoms with Crippen LogP contribution in [0.15, 0.2) is 0 Å². The Bertz CT molecular complexity index is 301. The fourth-order valence-corrected chi connectivity index (χ4v) is 3.31. The van der Waals surface area contributed by atoms with Gasteiger partial charge in [-0.3, -0.25) is 0 Å². The van der Waals surface area contributed by atoms with E-state index in [4.69, 9.17) is 0 Å². The van der Waals surface area contributed by atoms with E-state index in [-0.39, 0.29) is 17.4 Å². The van der Waals surface area contributed by atoms with Gasteiger partial charge in [-0.15, -0.1) is 0 Å². The molecular weight excluding hydrogens is 218 g/mol. The maximum Gasteiger partial charge on any atom is 0.154 e. The normalized spacial score (nSPS) is 32.1. The largest absolute Gasteiger partial charge is 0.392 e. The smallest absolute Gasteiger partial charge is 0.154 e. The van der Waals surface area contributed by atoms with Gasteiger partial charge in [-0.1, -0.05) is 13.8 Å². The Kier molecular flexibility index (Phi) is 4.11. The van der Waals surface area contributed by atoms with Crippen LogP contribution in [0.5, 0.6) is 0 Å². The molecule has 0 spiro atoms. The monoisotopic (exact) mass is 237 g/mol. The quantitative estimate of drug-likeness (QED) is 0.569. The zero-order valence-corrected chi connectivity index (χ0v) is 9.87. The lowest BCUT2D eigenvalue weighted by atomic mass is 10.1. The molecule has 1 fully saturated rings. The second-order valence-electron chi connectivity index (χ2n) is 4.47. The van der Waals surface area contributed by atoms with E-state index >= 15 is 0 Å². The van der Waals surface area contributed by atoms with Crippen LogP contribution < -0.4 is 5.32 Å². The highest BCUT2D eigenvalue weighted by atomic mass is 32.2. The molecule has 6 heteroatoms. The summed E-state index contributed by atoms with van der Waals surface area (Å²) in [6.07, 6.45) is -1.37. The molecule has 0 aromatic heterocycles. The molecule has 3 unspecified atom stereocenters. The number of rotatable bonds is 4. The van der Waals surface area contributed by atoms with Crippen molar-refractivity contribution in [3.63, 3.8) is 0 Å². The van der Waals surface area contributed by atoms with E-state index in [1.54, 1.807) is 0 Å². The highest BCUT2D eigenvalue weighted by Gasteiger charge is 2.36. The second-order valence-corrected chi connectivity index (χ2v) is 6.62. The van der Waals surface area contributed by atoms with Crippen molar-refractivity contribution in [3.05, 3.63) is 0 Å². The summed E-state index contributed by atoms with van der Waals surface area (Å²) in [6, 6.07) is -0.441. The molecule has 1 aliphatic rings. The summed E-state index contributed by atoms with van der Waals surface area (Å²) < 4.78 is 22.3. The summed E-state index contributed by atoms with van der Waals surface area (Å²) in [7, 11) is -3.11. The van der Waals surface area contributed by atoms with Crippen molar-refractivity contribution in [1.29, 1.82) is 0 Å². The third-order valence-electron chi connectivity index (χ3n) is 2.68. The van der Waals surface area contributed by atoms with E-state index in [0.717, 1.165) is 0 Å². The lowest BCUT2D eigenvalue weighted by Crippen LogP contribution is -2.43. The molecular formula is C9H19NO4S. The van der Waals surface area contributed by atoms with Crippen molar-refractivity contribution in [1.82, 2.24) is 5.32 Å². The number of hydrogen-bond donors (Lipinski definition) is 3. The average Bonchev–Trinajstić information content (AvgIpc) is 2.35. The Morgan fingerprint density at radius 3 is 2.40 bits per heavy atom. The molecule has 0 aromatic rings. The van der Waals surface area contributed by atoms with Gasteiger partial charge < -0.3 is 15.5 Å². The third-order valence-corrected chi connectivity index (χ3v) is 4.40. The fraction of sp³-hybridized carbons (Fsp3) is 1.00. The minimum atomic E-state index is -3.11. The van der Waals surface area contributed by atoms with Crippen LogP contribution in [0.25, 0.3) is 0 Å². The number of nitrogens with one attached hydrogen (secondary N) is 1. The molecule has 3 N–H and O–H groups in total. The Balaban J connectivity index is 2.41. The summed E-state index contributed by atoms with van der Waals surface area (Å²) in [4.78, 5) is 0. The lowest BCUT2D eigenvalue weighted by molar-refractivity contribution is 0.106. The molecule has 15 heavy (non-hydrogen) atoms. The summed E-state index contributed by atoms with van der Waals surface area (Å²) in [6.45, 7) is 4.08. The van der Waals surface area contributed by atoms with E-state index in [2.05, 4.69) is 5.32 Å². The molecule has 1 heterocycles. The molecule has 0 radical (unpaired) electrons. The number of aliphatic hydroxyl groups excluding tert-OH is 2. The first kappa shape index (κ1) is 12.9. The van der Waals surface area contributed by atoms with Gasteiger partial charge in [0.05, 0.1) is 23.7 Å². The van der Waals surface area contributed by atoms with E-state index in [0.29, 0.717) is 6.54 Å². The van der Waals surface area contributed by atoms with Gasteiger partial charge in [-0.05, 0) is 5.92 Å². The lowest BCUT2D eigenvalue weighted by Gasteiger charge is -2.19. The Morgan fingerprint density at radius 1 is 1.40 bits per heavy atom. The highest BCUT2D eigenvalue weighted by molar-refractivity contribution is 7.91. The van der Waals surface area contributed by atoms with Gasteiger partial charge in [-0.2, -0.15) is 0 Å². The van der Waals surface area contributed by atoms with Crippen molar-refractivity contribution in [2.45, 2.75) is 32.1 Å². The van der Waals surface area contributed by atoms with Gasteiger partial charge in [0.1, 0.15) is 0 Å². The molecule has 1 aliphatic heterocycles. The average molecular weight is 237 g/mol. The number of hydrogen-bond acceptors (Lipinski definition) is 5. The SMILES string of the molecule is CC(C)C(O)CNC1CS(=O)(=O)CC1O. The first-order valence-electron chi connectivity index (χ1n) is 5.12. The summed E-state index contributed by atoms with van der Waals surface area (Å²) in [5.41, 5.74) is 0. The van der Waals surface area contributed by atoms with E-state index in [1.165, 1.54) is 0 Å². The van der Waals surface area contributed by atoms with Crippen molar-refractivity contribution >= 4 is 9.84 Å². The summed E-state index contributed by atoms with van der Waals surface area (Å²) in [5, 5.41) is 21.9. The fourth-order valence-electron chi connectivity index (χ4n) is 1.53. The van der Waals surface area contributed by atoms with Crippen LogP contribution in [0.2, 0.25) is 0 Å². The van der Waals surface area contributed by atoms with E-state index < -0.39 is 28.1 Å². The molecule has 0 aromatic carbocycles. The highest BCUT2D eigenvalue weighted by Crippen LogP contribution is 2.12. The molecule has 1 saturated heterocycles. The van der Waals surface area contributed by atoms with Crippen LogP contribution in [-0.2, 0) is 9.84 Å². The third kappa shape index (κ3) is 3.71. The van der Waals surface area contributed by atoms with Gasteiger partial charge in [0.2, 0.25) is 0 Å². The topological polar surface area (TPSA) is 86.6 Å². The molecule has 90 valence electrons. The molecule has 1 rings (SSSR count). The standard InChI is InChI=1S/C9H19NO4S/c1-6(2)8(11)3-10-7-4-15(13,14)5-9(7)12/h6-12H,3-5H2,1-2H3. The summed E-state index contributed by atoms with van der Waals surface area (Å²) in [5.74, 6) is -0.103. The first-order valence-corrected chi connectivity index (χ1v) is 6.94. The first-order chi connectivity index (χ1) is 6.82. The molecule has 5 nitrogen and oxygen atoms in total. The number of sulfone groups is 1. The maximum atomic E-state index is 11.2. The Hall–Kier alpha value is -0.170. The maximum absolute atomic E-state index is 11.2. The van der Waals surface area contributed by atoms with Gasteiger partial charge in [0.25, 0.3) is 0 Å². The minimum Gasteiger partial charge on any atom is -0.392 e. The van der Waals surface area contributed by atoms with Gasteiger partial charge in [0.15, 0.2) is 9.84 Å². The van der Waals surface area contributed by atoms with Gasteiger partial charge >= 0.3 is 0 Å². The van der Waals surface area contributed by atoms with Gasteiger partial charge in [0, 0.05) is 12.6 Å². The predicted molar refractivity (Wildman–Crippen MR) is 57.3 cm³/mol. The van der Waals surface area contributed by atoms with Gasteiger partial charge in [-0.25, -0.2) is 8.42 Å². The predicted octanol–water partition coefficient (Wildman–Crippen LogP) is -1.25. The zero-order valence-electron chi connectivity index (χ0n) is 9.05. The van der Waals surface area contributed by atoms with Crippen molar-refractivity contribution in [2.24, 2.45) is 5.92 Å². The van der Waals surface area contributed by atoms with Crippen molar-refractivity contribution < 1.29 is 18.6 Å². The van der Waals surface area contributed by atoms with Crippen LogP contribution in [0, 0.1) is 5.92 Å². The molecule has 0 bridgehead atoms. The zero-order chi connectivity index (χ0) is 11.6. The van der Waals surface area contributed by atoms with Crippen molar-refractivity contribution in [2.75, 3.05) is 18.1 Å². The van der Waals surface area contributed by atoms with Crippen LogP contribution >= 0.6 is 0 Å². The molecule has 0 aliphatic carbocycles. The second kappa shape index (κ2) is 4.78. The van der Waals surface area contributed by atoms with E-state index in [9.17, 15) is 18.6 Å². The van der Waals surface area contributed by atoms with E-state index in [1.807, 2.05) is 13.8 Å². The summed E-state index contributed by atoms with van der Waals surface area (Å²) >= 11 is 0. The number of aliphatic hydroxyl groups is 2. The van der Waals surface area contributed by atoms with Crippen LogP contribution in [0.1, 0.15) is 13.8 Å². The van der Waals surface area contributed by atoms with Crippen LogP contribution in [0.4, 0.5) is 0 Å². The molecule has 3 atom stereocenters. The molecule has 0 amide bonds. The minimum absolute atomic E-state index is 0.0427. The van der Waals surface area contributed by atoms with Crippen molar-refractivity contribution in [3.8, 4) is 0 Å². The van der Waals surface area contributed by atoms with Crippen LogP contribution in [-0.4, -0.2) is 54.9 Å². The molecule has 0 saturated carbocycles. The van der Waals surface area contributed by atoms with Crippen LogP contribution in [0.3, 0.4) is 0 Å². The Morgan fingerprint density at radius 2 is 2.00 bits per heavy atom.